The average molecular weight is 211 g/mol. The third-order valence-electron chi connectivity index (χ3n) is 3.39. The number of amidine groups is 1. The van der Waals surface area contributed by atoms with E-state index in [9.17, 15) is 0 Å². The maximum Gasteiger partial charge on any atom is 0.0918 e. The molecule has 1 fully saturated rings. The van der Waals surface area contributed by atoms with E-state index < -0.39 is 0 Å². The highest BCUT2D eigenvalue weighted by atomic mass is 15.1. The molecule has 0 aromatic carbocycles. The largest absolute Gasteiger partial charge is 0.388 e. The molecule has 1 saturated carbocycles. The molecule has 0 aliphatic heterocycles. The van der Waals surface area contributed by atoms with Gasteiger partial charge in [0.15, 0.2) is 0 Å². The van der Waals surface area contributed by atoms with Crippen molar-refractivity contribution in [2.75, 3.05) is 19.6 Å². The lowest BCUT2D eigenvalue weighted by molar-refractivity contribution is 0.212. The van der Waals surface area contributed by atoms with E-state index >= 15 is 0 Å². The van der Waals surface area contributed by atoms with Crippen LogP contribution < -0.4 is 5.73 Å². The van der Waals surface area contributed by atoms with Gasteiger partial charge >= 0.3 is 0 Å². The Morgan fingerprint density at radius 1 is 1.33 bits per heavy atom. The Labute approximate surface area is 93.5 Å². The van der Waals surface area contributed by atoms with Gasteiger partial charge in [-0.3, -0.25) is 5.41 Å². The Hall–Kier alpha value is -0.570. The van der Waals surface area contributed by atoms with E-state index in [2.05, 4.69) is 11.8 Å². The highest BCUT2D eigenvalue weighted by molar-refractivity contribution is 5.76. The van der Waals surface area contributed by atoms with Crippen LogP contribution in [0.1, 0.15) is 45.4 Å². The van der Waals surface area contributed by atoms with Crippen molar-refractivity contribution in [1.82, 2.24) is 4.90 Å². The van der Waals surface area contributed by atoms with Gasteiger partial charge < -0.3 is 10.6 Å². The van der Waals surface area contributed by atoms with Crippen molar-refractivity contribution >= 4 is 5.84 Å². The predicted octanol–water partition coefficient (Wildman–Crippen LogP) is 2.21. The minimum absolute atomic E-state index is 0.317. The van der Waals surface area contributed by atoms with Gasteiger partial charge in [-0.1, -0.05) is 26.2 Å². The number of nitrogens with one attached hydrogen (secondary N) is 1. The summed E-state index contributed by atoms with van der Waals surface area (Å²) in [5, 5.41) is 7.23. The van der Waals surface area contributed by atoms with E-state index in [-0.39, 0.29) is 0 Å². The van der Waals surface area contributed by atoms with Gasteiger partial charge in [0.2, 0.25) is 0 Å². The molecule has 1 rings (SSSR count). The Kier molecular flexibility index (Phi) is 5.69. The molecule has 0 aromatic heterocycles. The topological polar surface area (TPSA) is 53.1 Å². The number of rotatable bonds is 6. The molecular weight excluding hydrogens is 186 g/mol. The lowest BCUT2D eigenvalue weighted by Gasteiger charge is -2.28. The third kappa shape index (κ3) is 5.17. The molecule has 0 aromatic rings. The highest BCUT2D eigenvalue weighted by Crippen LogP contribution is 2.24. The quantitative estimate of drug-likeness (QED) is 0.523. The van der Waals surface area contributed by atoms with Crippen molar-refractivity contribution in [3.63, 3.8) is 0 Å². The van der Waals surface area contributed by atoms with E-state index in [1.165, 1.54) is 38.6 Å². The molecule has 0 unspecified atom stereocenters. The van der Waals surface area contributed by atoms with E-state index in [0.29, 0.717) is 5.84 Å². The maximum absolute atomic E-state index is 7.23. The van der Waals surface area contributed by atoms with Crippen molar-refractivity contribution in [3.05, 3.63) is 0 Å². The Morgan fingerprint density at radius 3 is 2.53 bits per heavy atom. The first-order valence-electron chi connectivity index (χ1n) is 6.27. The zero-order valence-corrected chi connectivity index (χ0v) is 9.97. The molecule has 3 nitrogen and oxygen atoms in total. The molecule has 0 atom stereocenters. The fraction of sp³-hybridized carbons (Fsp3) is 0.917. The summed E-state index contributed by atoms with van der Waals surface area (Å²) < 4.78 is 0. The monoisotopic (exact) mass is 211 g/mol. The molecule has 0 heterocycles. The maximum atomic E-state index is 7.23. The van der Waals surface area contributed by atoms with E-state index in [4.69, 9.17) is 11.1 Å². The summed E-state index contributed by atoms with van der Waals surface area (Å²) in [6, 6.07) is 0. The summed E-state index contributed by atoms with van der Waals surface area (Å²) >= 11 is 0. The number of nitrogens with zero attached hydrogens (tertiary/aromatic N) is 1. The number of hydrogen-bond donors (Lipinski definition) is 2. The molecule has 0 saturated heterocycles. The third-order valence-corrected chi connectivity index (χ3v) is 3.39. The molecule has 88 valence electrons. The first-order valence-corrected chi connectivity index (χ1v) is 6.27. The fourth-order valence-corrected chi connectivity index (χ4v) is 2.39. The zero-order chi connectivity index (χ0) is 11.1. The SMILES string of the molecule is CCN(CCC(=N)N)CC1CCCCC1. The van der Waals surface area contributed by atoms with Crippen LogP contribution in [0.4, 0.5) is 0 Å². The van der Waals surface area contributed by atoms with E-state index in [1.807, 2.05) is 0 Å². The van der Waals surface area contributed by atoms with Gasteiger partial charge in [-0.25, -0.2) is 0 Å². The lowest BCUT2D eigenvalue weighted by atomic mass is 9.89. The first-order chi connectivity index (χ1) is 7.22. The first kappa shape index (κ1) is 12.5. The number of hydrogen-bond acceptors (Lipinski definition) is 2. The van der Waals surface area contributed by atoms with Crippen molar-refractivity contribution in [3.8, 4) is 0 Å². The molecule has 3 heteroatoms. The van der Waals surface area contributed by atoms with Crippen LogP contribution in [0.3, 0.4) is 0 Å². The van der Waals surface area contributed by atoms with Gasteiger partial charge in [0.25, 0.3) is 0 Å². The Bertz CT molecular complexity index is 185. The second-order valence-corrected chi connectivity index (χ2v) is 4.67. The molecule has 0 amide bonds. The van der Waals surface area contributed by atoms with Crippen LogP contribution >= 0.6 is 0 Å². The normalized spacial score (nSPS) is 18.3. The van der Waals surface area contributed by atoms with Gasteiger partial charge in [-0.05, 0) is 25.3 Å². The van der Waals surface area contributed by atoms with Crippen LogP contribution in [-0.4, -0.2) is 30.4 Å². The van der Waals surface area contributed by atoms with Crippen molar-refractivity contribution in [1.29, 1.82) is 5.41 Å². The fourth-order valence-electron chi connectivity index (χ4n) is 2.39. The van der Waals surface area contributed by atoms with Crippen LogP contribution in [0, 0.1) is 11.3 Å². The van der Waals surface area contributed by atoms with Gasteiger partial charge in [0.05, 0.1) is 5.84 Å². The van der Waals surface area contributed by atoms with Crippen LogP contribution in [0.5, 0.6) is 0 Å². The van der Waals surface area contributed by atoms with Gasteiger partial charge in [0.1, 0.15) is 0 Å². The zero-order valence-electron chi connectivity index (χ0n) is 9.97. The molecular formula is C12H25N3. The highest BCUT2D eigenvalue weighted by Gasteiger charge is 2.16. The van der Waals surface area contributed by atoms with Gasteiger partial charge in [-0.2, -0.15) is 0 Å². The van der Waals surface area contributed by atoms with Gasteiger partial charge in [-0.15, -0.1) is 0 Å². The van der Waals surface area contributed by atoms with Crippen LogP contribution in [-0.2, 0) is 0 Å². The van der Waals surface area contributed by atoms with Crippen LogP contribution in [0.25, 0.3) is 0 Å². The van der Waals surface area contributed by atoms with Crippen LogP contribution in [0.15, 0.2) is 0 Å². The molecule has 15 heavy (non-hydrogen) atoms. The predicted molar refractivity (Wildman–Crippen MR) is 65.2 cm³/mol. The van der Waals surface area contributed by atoms with Crippen molar-refractivity contribution in [2.45, 2.75) is 45.4 Å². The molecule has 0 radical (unpaired) electrons. The summed E-state index contributed by atoms with van der Waals surface area (Å²) in [5.74, 6) is 1.21. The van der Waals surface area contributed by atoms with Crippen molar-refractivity contribution in [2.24, 2.45) is 11.7 Å². The second-order valence-electron chi connectivity index (χ2n) is 4.67. The molecule has 1 aliphatic rings. The minimum Gasteiger partial charge on any atom is -0.388 e. The van der Waals surface area contributed by atoms with Crippen molar-refractivity contribution < 1.29 is 0 Å². The molecule has 3 N–H and O–H groups in total. The van der Waals surface area contributed by atoms with E-state index in [1.54, 1.807) is 0 Å². The Morgan fingerprint density at radius 2 is 2.00 bits per heavy atom. The standard InChI is InChI=1S/C12H25N3/c1-2-15(9-8-12(13)14)10-11-6-4-3-5-7-11/h11H,2-10H2,1H3,(H3,13,14). The summed E-state index contributed by atoms with van der Waals surface area (Å²) in [4.78, 5) is 2.44. The summed E-state index contributed by atoms with van der Waals surface area (Å²) in [5.41, 5.74) is 5.39. The van der Waals surface area contributed by atoms with Gasteiger partial charge in [0, 0.05) is 19.5 Å². The summed E-state index contributed by atoms with van der Waals surface area (Å²) in [6.07, 6.45) is 7.77. The van der Waals surface area contributed by atoms with E-state index in [0.717, 1.165) is 25.4 Å². The average Bonchev–Trinajstić information content (AvgIpc) is 2.25. The van der Waals surface area contributed by atoms with Crippen LogP contribution in [0.2, 0.25) is 0 Å². The molecule has 0 bridgehead atoms. The lowest BCUT2D eigenvalue weighted by Crippen LogP contribution is -2.33. The minimum atomic E-state index is 0.317. The smallest absolute Gasteiger partial charge is 0.0918 e. The summed E-state index contributed by atoms with van der Waals surface area (Å²) in [6.45, 7) is 5.46. The Balaban J connectivity index is 2.22. The second kappa shape index (κ2) is 6.83. The summed E-state index contributed by atoms with van der Waals surface area (Å²) in [7, 11) is 0. The molecule has 0 spiro atoms. The molecule has 1 aliphatic carbocycles. The number of nitrogens with two attached hydrogens (primary N) is 1.